The Bertz CT molecular complexity index is 1850. The van der Waals surface area contributed by atoms with E-state index in [0.717, 1.165) is 34.3 Å². The molecule has 0 fully saturated rings. The zero-order chi connectivity index (χ0) is 31.0. The highest BCUT2D eigenvalue weighted by molar-refractivity contribution is 6.09. The van der Waals surface area contributed by atoms with Gasteiger partial charge in [0.05, 0.1) is 22.6 Å². The Hall–Kier alpha value is -5.49. The second-order valence-corrected chi connectivity index (χ2v) is 11.0. The Balaban J connectivity index is 1.49. The fourth-order valence-electron chi connectivity index (χ4n) is 5.22. The van der Waals surface area contributed by atoms with Gasteiger partial charge in [0, 0.05) is 11.8 Å². The molecule has 0 aliphatic carbocycles. The number of nitrogens with one attached hydrogen (secondary N) is 1. The Morgan fingerprint density at radius 1 is 0.622 bits per heavy atom. The first-order valence-electron chi connectivity index (χ1n) is 15.0. The van der Waals surface area contributed by atoms with Crippen molar-refractivity contribution in [3.05, 3.63) is 144 Å². The molecule has 0 bridgehead atoms. The molecule has 1 heterocycles. The van der Waals surface area contributed by atoms with E-state index in [1.807, 2.05) is 129 Å². The van der Waals surface area contributed by atoms with Gasteiger partial charge in [-0.2, -0.15) is 0 Å². The highest BCUT2D eigenvalue weighted by atomic mass is 16.5. The molecule has 226 valence electrons. The fourth-order valence-corrected chi connectivity index (χ4v) is 5.22. The van der Waals surface area contributed by atoms with Gasteiger partial charge in [-0.05, 0) is 48.2 Å². The molecule has 0 unspecified atom stereocenters. The molecule has 0 aliphatic rings. The highest BCUT2D eigenvalue weighted by Gasteiger charge is 2.28. The van der Waals surface area contributed by atoms with Crippen LogP contribution in [0.5, 0.6) is 23.0 Å². The van der Waals surface area contributed by atoms with Crippen LogP contribution in [-0.4, -0.2) is 17.4 Å². The van der Waals surface area contributed by atoms with E-state index in [0.29, 0.717) is 59.1 Å². The number of hydrogen-bond donors (Lipinski definition) is 1. The third kappa shape index (κ3) is 6.86. The van der Waals surface area contributed by atoms with Gasteiger partial charge in [0.1, 0.15) is 31.3 Å². The molecule has 0 amide bonds. The van der Waals surface area contributed by atoms with E-state index in [1.165, 1.54) is 0 Å². The Kier molecular flexibility index (Phi) is 9.11. The maximum absolute atomic E-state index is 12.4. The monoisotopic (exact) mass is 597 g/mol. The van der Waals surface area contributed by atoms with E-state index in [2.05, 4.69) is 4.98 Å². The van der Waals surface area contributed by atoms with E-state index < -0.39 is 0 Å². The van der Waals surface area contributed by atoms with Crippen LogP contribution in [0.4, 0.5) is 0 Å². The molecule has 0 spiro atoms. The largest absolute Gasteiger partial charge is 0.489 e. The predicted octanol–water partition coefficient (Wildman–Crippen LogP) is 9.17. The van der Waals surface area contributed by atoms with E-state index in [4.69, 9.17) is 18.9 Å². The lowest BCUT2D eigenvalue weighted by molar-refractivity contribution is 0.112. The van der Waals surface area contributed by atoms with Crippen molar-refractivity contribution in [2.75, 3.05) is 0 Å². The number of carbonyl (C=O) groups excluding carboxylic acids is 1. The summed E-state index contributed by atoms with van der Waals surface area (Å²) in [6.07, 6.45) is 2.35. The lowest BCUT2D eigenvalue weighted by Crippen LogP contribution is -2.10. The van der Waals surface area contributed by atoms with E-state index in [9.17, 15) is 4.79 Å². The van der Waals surface area contributed by atoms with E-state index in [-0.39, 0.29) is 6.10 Å². The molecular weight excluding hydrogens is 562 g/mol. The number of aldehydes is 1. The molecule has 1 N–H and O–H groups in total. The molecule has 1 aromatic heterocycles. The van der Waals surface area contributed by atoms with Crippen LogP contribution in [-0.2, 0) is 19.8 Å². The zero-order valence-corrected chi connectivity index (χ0v) is 25.4. The maximum Gasteiger partial charge on any atom is 0.186 e. The Morgan fingerprint density at radius 2 is 1.13 bits per heavy atom. The topological polar surface area (TPSA) is 69.8 Å². The molecule has 6 heteroatoms. The first kappa shape index (κ1) is 29.6. The minimum absolute atomic E-state index is 0.170. The minimum Gasteiger partial charge on any atom is -0.489 e. The Labute approximate surface area is 263 Å². The van der Waals surface area contributed by atoms with Crippen LogP contribution in [0.25, 0.3) is 22.0 Å². The summed E-state index contributed by atoms with van der Waals surface area (Å²) in [7, 11) is 0. The highest BCUT2D eigenvalue weighted by Crippen LogP contribution is 2.52. The summed E-state index contributed by atoms with van der Waals surface area (Å²) in [4.78, 5) is 15.7. The Morgan fingerprint density at radius 3 is 1.64 bits per heavy atom. The lowest BCUT2D eigenvalue weighted by atomic mass is 9.98. The van der Waals surface area contributed by atoms with Gasteiger partial charge in [0.15, 0.2) is 17.8 Å². The van der Waals surface area contributed by atoms with Crippen molar-refractivity contribution >= 4 is 17.2 Å². The van der Waals surface area contributed by atoms with Crippen molar-refractivity contribution in [3.63, 3.8) is 0 Å². The van der Waals surface area contributed by atoms with Crippen molar-refractivity contribution in [3.8, 4) is 34.1 Å². The van der Waals surface area contributed by atoms with Crippen LogP contribution in [0.3, 0.4) is 0 Å². The molecule has 0 aliphatic heterocycles. The zero-order valence-electron chi connectivity index (χ0n) is 25.4. The smallest absolute Gasteiger partial charge is 0.186 e. The number of hydrogen-bond acceptors (Lipinski definition) is 5. The summed E-state index contributed by atoms with van der Waals surface area (Å²) >= 11 is 0. The summed E-state index contributed by atoms with van der Waals surface area (Å²) in [6, 6.07) is 37.8. The van der Waals surface area contributed by atoms with E-state index >= 15 is 0 Å². The van der Waals surface area contributed by atoms with Gasteiger partial charge < -0.3 is 23.9 Å². The van der Waals surface area contributed by atoms with Gasteiger partial charge in [0.25, 0.3) is 0 Å². The van der Waals surface area contributed by atoms with E-state index in [1.54, 1.807) is 6.20 Å². The van der Waals surface area contributed by atoms with Crippen LogP contribution >= 0.6 is 0 Å². The van der Waals surface area contributed by atoms with Gasteiger partial charge in [-0.1, -0.05) is 103 Å². The van der Waals surface area contributed by atoms with Gasteiger partial charge in [-0.3, -0.25) is 4.79 Å². The summed E-state index contributed by atoms with van der Waals surface area (Å²) in [6.45, 7) is 5.03. The number of ether oxygens (including phenoxy) is 4. The average Bonchev–Trinajstić information content (AvgIpc) is 3.51. The number of H-pyrrole nitrogens is 1. The summed E-state index contributed by atoms with van der Waals surface area (Å²) < 4.78 is 25.8. The number of aromatic amines is 1. The lowest BCUT2D eigenvalue weighted by Gasteiger charge is -2.23. The van der Waals surface area contributed by atoms with Gasteiger partial charge in [-0.15, -0.1) is 0 Å². The van der Waals surface area contributed by atoms with Crippen LogP contribution in [0.1, 0.15) is 40.9 Å². The third-order valence-corrected chi connectivity index (χ3v) is 7.35. The quantitative estimate of drug-likeness (QED) is 0.134. The van der Waals surface area contributed by atoms with Gasteiger partial charge in [-0.25, -0.2) is 0 Å². The molecule has 0 atom stereocenters. The first-order chi connectivity index (χ1) is 22.1. The molecule has 45 heavy (non-hydrogen) atoms. The molecule has 5 aromatic carbocycles. The van der Waals surface area contributed by atoms with Crippen molar-refractivity contribution in [2.24, 2.45) is 0 Å². The summed E-state index contributed by atoms with van der Waals surface area (Å²) in [5, 5.41) is 0.638. The van der Waals surface area contributed by atoms with Crippen molar-refractivity contribution < 1.29 is 23.7 Å². The van der Waals surface area contributed by atoms with Crippen LogP contribution < -0.4 is 18.9 Å². The number of benzene rings is 5. The molecular formula is C39H35NO5. The molecule has 6 rings (SSSR count). The molecule has 6 aromatic rings. The first-order valence-corrected chi connectivity index (χ1v) is 15.0. The second-order valence-electron chi connectivity index (χ2n) is 11.0. The number of rotatable bonds is 13. The van der Waals surface area contributed by atoms with Crippen LogP contribution in [0.2, 0.25) is 0 Å². The normalized spacial score (nSPS) is 11.0. The molecule has 6 nitrogen and oxygen atoms in total. The second kappa shape index (κ2) is 13.9. The standard InChI is InChI=1S/C39H35NO5/c1-27(2)45-38-35(31-18-20-33(21-19-31)42-24-28-12-6-3-7-13-28)37(43-25-29-14-8-4-9-15-29)34-32(23-41)22-40-36(34)39(38)44-26-30-16-10-5-11-17-30/h3-23,27,40H,24-26H2,1-2H3. The number of carbonyl (C=O) groups is 1. The van der Waals surface area contributed by atoms with Gasteiger partial charge >= 0.3 is 0 Å². The molecule has 0 saturated heterocycles. The molecule has 0 saturated carbocycles. The summed E-state index contributed by atoms with van der Waals surface area (Å²) in [5.74, 6) is 2.33. The maximum atomic E-state index is 12.4. The minimum atomic E-state index is -0.170. The van der Waals surface area contributed by atoms with Crippen molar-refractivity contribution in [2.45, 2.75) is 39.8 Å². The third-order valence-electron chi connectivity index (χ3n) is 7.35. The van der Waals surface area contributed by atoms with Crippen molar-refractivity contribution in [1.82, 2.24) is 4.98 Å². The van der Waals surface area contributed by atoms with Crippen LogP contribution in [0, 0.1) is 0 Å². The molecule has 0 radical (unpaired) electrons. The fraction of sp³-hybridized carbons (Fsp3) is 0.154. The predicted molar refractivity (Wildman–Crippen MR) is 177 cm³/mol. The van der Waals surface area contributed by atoms with Crippen LogP contribution in [0.15, 0.2) is 121 Å². The number of fused-ring (bicyclic) bond motifs is 1. The summed E-state index contributed by atoms with van der Waals surface area (Å²) in [5.41, 5.74) is 5.74. The average molecular weight is 598 g/mol. The SMILES string of the molecule is CC(C)Oc1c(-c2ccc(OCc3ccccc3)cc2)c(OCc2ccccc2)c2c(C=O)c[nH]c2c1OCc1ccccc1. The van der Waals surface area contributed by atoms with Crippen molar-refractivity contribution in [1.29, 1.82) is 0 Å². The number of aromatic nitrogens is 1. The van der Waals surface area contributed by atoms with Gasteiger partial charge in [0.2, 0.25) is 0 Å².